The number of carbonyl (C=O) groups excluding carboxylic acids is 2. The summed E-state index contributed by atoms with van der Waals surface area (Å²) in [5.74, 6) is -1.24. The Morgan fingerprint density at radius 2 is 0.973 bits per heavy atom. The number of esters is 1. The van der Waals surface area contributed by atoms with Crippen LogP contribution in [0.15, 0.2) is 85.1 Å². The van der Waals surface area contributed by atoms with Crippen LogP contribution in [0.4, 0.5) is 0 Å². The van der Waals surface area contributed by atoms with E-state index in [-0.39, 0.29) is 19.4 Å². The van der Waals surface area contributed by atoms with Crippen LogP contribution in [-0.4, -0.2) is 99.6 Å². The lowest BCUT2D eigenvalue weighted by molar-refractivity contribution is -0.305. The van der Waals surface area contributed by atoms with E-state index in [2.05, 4.69) is 92.9 Å². The smallest absolute Gasteiger partial charge is 0.306 e. The molecule has 6 N–H and O–H groups in total. The zero-order chi connectivity index (χ0) is 54.0. The highest BCUT2D eigenvalue weighted by Gasteiger charge is 2.47. The van der Waals surface area contributed by atoms with Gasteiger partial charge >= 0.3 is 5.97 Å². The van der Waals surface area contributed by atoms with Crippen LogP contribution in [0.25, 0.3) is 0 Å². The maximum atomic E-state index is 13.4. The molecule has 74 heavy (non-hydrogen) atoms. The first-order valence-corrected chi connectivity index (χ1v) is 29.9. The molecule has 1 amide bonds. The van der Waals surface area contributed by atoms with Crippen molar-refractivity contribution in [1.82, 2.24) is 5.32 Å². The molecule has 0 spiro atoms. The lowest BCUT2D eigenvalue weighted by Gasteiger charge is -2.41. The van der Waals surface area contributed by atoms with Crippen molar-refractivity contribution in [3.05, 3.63) is 85.1 Å². The first-order chi connectivity index (χ1) is 36.2. The highest BCUT2D eigenvalue weighted by atomic mass is 16.7. The Morgan fingerprint density at radius 1 is 0.541 bits per heavy atom. The van der Waals surface area contributed by atoms with Crippen molar-refractivity contribution in [1.29, 1.82) is 0 Å². The molecule has 1 aliphatic rings. The number of aliphatic hydroxyl groups excluding tert-OH is 5. The van der Waals surface area contributed by atoms with Gasteiger partial charge in [0.15, 0.2) is 12.4 Å². The van der Waals surface area contributed by atoms with E-state index in [4.69, 9.17) is 14.2 Å². The van der Waals surface area contributed by atoms with Crippen LogP contribution in [0.3, 0.4) is 0 Å². The third kappa shape index (κ3) is 38.4. The summed E-state index contributed by atoms with van der Waals surface area (Å²) in [6.45, 7) is 5.63. The average Bonchev–Trinajstić information content (AvgIpc) is 3.40. The lowest BCUT2D eigenvalue weighted by atomic mass is 9.99. The van der Waals surface area contributed by atoms with Crippen molar-refractivity contribution in [2.75, 3.05) is 13.2 Å². The number of amides is 1. The second kappa shape index (κ2) is 50.6. The van der Waals surface area contributed by atoms with Crippen LogP contribution in [0.1, 0.15) is 239 Å². The lowest BCUT2D eigenvalue weighted by Crippen LogP contribution is -2.61. The molecular formula is C63H109NO10. The van der Waals surface area contributed by atoms with E-state index in [1.807, 2.05) is 12.2 Å². The highest BCUT2D eigenvalue weighted by Crippen LogP contribution is 2.26. The van der Waals surface area contributed by atoms with E-state index in [9.17, 15) is 35.1 Å². The molecule has 0 bridgehead atoms. The van der Waals surface area contributed by atoms with Crippen LogP contribution < -0.4 is 5.32 Å². The van der Waals surface area contributed by atoms with Gasteiger partial charge in [0.1, 0.15) is 24.4 Å². The molecular weight excluding hydrogens is 931 g/mol. The van der Waals surface area contributed by atoms with E-state index < -0.39 is 67.4 Å². The molecule has 0 aromatic rings. The van der Waals surface area contributed by atoms with Crippen molar-refractivity contribution >= 4 is 11.9 Å². The van der Waals surface area contributed by atoms with Crippen molar-refractivity contribution in [3.63, 3.8) is 0 Å². The first-order valence-electron chi connectivity index (χ1n) is 29.9. The molecule has 11 nitrogen and oxygen atoms in total. The van der Waals surface area contributed by atoms with Crippen molar-refractivity contribution < 1.29 is 49.3 Å². The molecule has 0 aliphatic carbocycles. The van der Waals surface area contributed by atoms with E-state index in [1.54, 1.807) is 6.08 Å². The minimum atomic E-state index is -1.62. The Bertz CT molecular complexity index is 1520. The topological polar surface area (TPSA) is 175 Å². The summed E-state index contributed by atoms with van der Waals surface area (Å²) in [6.07, 6.45) is 54.8. The molecule has 0 radical (unpaired) electrons. The summed E-state index contributed by atoms with van der Waals surface area (Å²) in [6, 6.07) is -1.05. The van der Waals surface area contributed by atoms with E-state index in [0.29, 0.717) is 19.3 Å². The summed E-state index contributed by atoms with van der Waals surface area (Å²) in [5.41, 5.74) is 0. The van der Waals surface area contributed by atoms with Gasteiger partial charge < -0.3 is 45.1 Å². The number of hydrogen-bond donors (Lipinski definition) is 6. The summed E-state index contributed by atoms with van der Waals surface area (Å²) in [7, 11) is 0. The quantitative estimate of drug-likeness (QED) is 0.0195. The second-order valence-electron chi connectivity index (χ2n) is 20.4. The molecule has 0 saturated carbocycles. The molecule has 1 aliphatic heterocycles. The van der Waals surface area contributed by atoms with Gasteiger partial charge in [-0.05, 0) is 77.0 Å². The Hall–Kier alpha value is -3.16. The van der Waals surface area contributed by atoms with E-state index >= 15 is 0 Å². The number of unbranched alkanes of at least 4 members (excludes halogenated alkanes) is 23. The Morgan fingerprint density at radius 3 is 1.45 bits per heavy atom. The number of hydrogen-bond acceptors (Lipinski definition) is 10. The second-order valence-corrected chi connectivity index (χ2v) is 20.4. The maximum absolute atomic E-state index is 13.4. The number of rotatable bonds is 49. The summed E-state index contributed by atoms with van der Waals surface area (Å²) in [4.78, 5) is 26.5. The van der Waals surface area contributed by atoms with Crippen molar-refractivity contribution in [3.8, 4) is 0 Å². The predicted molar refractivity (Wildman–Crippen MR) is 306 cm³/mol. The van der Waals surface area contributed by atoms with Crippen LogP contribution in [0.5, 0.6) is 0 Å². The molecule has 11 heteroatoms. The summed E-state index contributed by atoms with van der Waals surface area (Å²) >= 11 is 0. The fraction of sp³-hybridized carbons (Fsp3) is 0.746. The average molecular weight is 1040 g/mol. The Kier molecular flexibility index (Phi) is 47.1. The van der Waals surface area contributed by atoms with E-state index in [0.717, 1.165) is 83.5 Å². The van der Waals surface area contributed by atoms with Crippen LogP contribution >= 0.6 is 0 Å². The van der Waals surface area contributed by atoms with Gasteiger partial charge in [0.25, 0.3) is 0 Å². The van der Waals surface area contributed by atoms with Crippen molar-refractivity contribution in [2.45, 2.75) is 288 Å². The Labute approximate surface area is 451 Å². The minimum Gasteiger partial charge on any atom is -0.454 e. The molecule has 1 fully saturated rings. The predicted octanol–water partition coefficient (Wildman–Crippen LogP) is 13.8. The molecule has 1 saturated heterocycles. The number of allylic oxidation sites excluding steroid dienone is 13. The number of carbonyl (C=O) groups is 2. The number of aliphatic hydroxyl groups is 5. The zero-order valence-electron chi connectivity index (χ0n) is 46.9. The van der Waals surface area contributed by atoms with Gasteiger partial charge in [-0.2, -0.15) is 0 Å². The third-order valence-corrected chi connectivity index (χ3v) is 13.6. The fourth-order valence-electron chi connectivity index (χ4n) is 8.84. The molecule has 8 unspecified atom stereocenters. The normalized spacial score (nSPS) is 19.9. The van der Waals surface area contributed by atoms with Gasteiger partial charge in [0.2, 0.25) is 5.91 Å². The monoisotopic (exact) mass is 1040 g/mol. The van der Waals surface area contributed by atoms with Gasteiger partial charge in [-0.3, -0.25) is 9.59 Å². The SMILES string of the molecule is CC/C=C\C/C=C\C/C=C\C/C=C\C/C=C\C/C=C\CCCC(O)C(=O)NC(COC1OC(CO)C(O)C(O)C1OC(=O)CCCCCCCCCCCCCCCC)C(O)/C=C/CCCCCCCCCCC. The number of ether oxygens (including phenoxy) is 3. The molecule has 0 aromatic heterocycles. The van der Waals surface area contributed by atoms with Crippen LogP contribution in [-0.2, 0) is 23.8 Å². The standard InChI is InChI=1S/C63H109NO10/c1-4-7-10-13-16-19-22-24-26-27-28-29-30-31-32-35-38-41-44-47-50-56(67)62(71)64-54(55(66)49-46-43-40-37-34-21-18-15-12-9-6-3)53-72-63-61(60(70)59(69)57(52-65)73-63)74-58(68)51-48-45-42-39-36-33-25-23-20-17-14-11-8-5-2/h7,10,16,19,24,26,28-29,31-32,38,41,46,49,54-57,59-61,63,65-67,69-70H,4-6,8-9,11-15,17-18,20-23,25,27,30,33-37,39-40,42-45,47-48,50-53H2,1-3H3,(H,64,71)/b10-7-,19-16-,26-24-,29-28-,32-31-,41-38-,49-46+. The van der Waals surface area contributed by atoms with Gasteiger partial charge in [0.05, 0.1) is 25.4 Å². The molecule has 0 aromatic carbocycles. The molecule has 8 atom stereocenters. The first kappa shape index (κ1) is 68.9. The molecule has 1 heterocycles. The third-order valence-electron chi connectivity index (χ3n) is 13.6. The van der Waals surface area contributed by atoms with Crippen molar-refractivity contribution in [2.24, 2.45) is 0 Å². The largest absolute Gasteiger partial charge is 0.454 e. The van der Waals surface area contributed by atoms with Gasteiger partial charge in [0, 0.05) is 6.42 Å². The summed E-state index contributed by atoms with van der Waals surface area (Å²) in [5, 5.41) is 56.8. The van der Waals surface area contributed by atoms with Crippen LogP contribution in [0.2, 0.25) is 0 Å². The Balaban J connectivity index is 2.73. The van der Waals surface area contributed by atoms with Gasteiger partial charge in [-0.1, -0.05) is 241 Å². The summed E-state index contributed by atoms with van der Waals surface area (Å²) < 4.78 is 17.6. The zero-order valence-corrected chi connectivity index (χ0v) is 46.9. The fourth-order valence-corrected chi connectivity index (χ4v) is 8.84. The van der Waals surface area contributed by atoms with Crippen LogP contribution in [0, 0.1) is 0 Å². The van der Waals surface area contributed by atoms with Gasteiger partial charge in [-0.15, -0.1) is 0 Å². The maximum Gasteiger partial charge on any atom is 0.306 e. The highest BCUT2D eigenvalue weighted by molar-refractivity contribution is 5.80. The van der Waals surface area contributed by atoms with Gasteiger partial charge in [-0.25, -0.2) is 0 Å². The molecule has 1 rings (SSSR count). The molecule has 426 valence electrons. The minimum absolute atomic E-state index is 0.118. The van der Waals surface area contributed by atoms with E-state index in [1.165, 1.54) is 103 Å². The number of nitrogens with one attached hydrogen (secondary N) is 1.